The lowest BCUT2D eigenvalue weighted by molar-refractivity contribution is 0.361. The molecule has 0 radical (unpaired) electrons. The summed E-state index contributed by atoms with van der Waals surface area (Å²) in [5.41, 5.74) is 7.20. The number of rotatable bonds is 3. The van der Waals surface area contributed by atoms with Crippen LogP contribution in [0.3, 0.4) is 0 Å². The van der Waals surface area contributed by atoms with Gasteiger partial charge in [-0.3, -0.25) is 0 Å². The van der Waals surface area contributed by atoms with Gasteiger partial charge in [-0.15, -0.1) is 0 Å². The average Bonchev–Trinajstić information content (AvgIpc) is 2.66. The molecule has 3 aliphatic carbocycles. The smallest absolute Gasteiger partial charge is 0.170 e. The van der Waals surface area contributed by atoms with E-state index >= 15 is 0 Å². The molecule has 0 spiro atoms. The minimum atomic E-state index is 0.612. The van der Waals surface area contributed by atoms with E-state index in [1.807, 2.05) is 0 Å². The Balaban J connectivity index is 1.63. The monoisotopic (exact) mass is 246 g/mol. The molecule has 18 heavy (non-hydrogen) atoms. The Morgan fingerprint density at radius 1 is 1.28 bits per heavy atom. The normalized spacial score (nSPS) is 40.5. The highest BCUT2D eigenvalue weighted by Crippen LogP contribution is 2.73. The number of hydrogen-bond acceptors (Lipinski definition) is 3. The summed E-state index contributed by atoms with van der Waals surface area (Å²) in [7, 11) is 0. The van der Waals surface area contributed by atoms with Crippen molar-refractivity contribution >= 4 is 5.82 Å². The van der Waals surface area contributed by atoms with Crippen molar-refractivity contribution in [2.75, 3.05) is 5.73 Å². The van der Waals surface area contributed by atoms with Crippen LogP contribution in [0.25, 0.3) is 0 Å². The van der Waals surface area contributed by atoms with Gasteiger partial charge in [0.05, 0.1) is 0 Å². The van der Waals surface area contributed by atoms with Gasteiger partial charge in [-0.1, -0.05) is 19.0 Å². The first-order valence-corrected chi connectivity index (χ1v) is 7.40. The molecule has 3 nitrogen and oxygen atoms in total. The third-order valence-electron chi connectivity index (χ3n) is 5.50. The summed E-state index contributed by atoms with van der Waals surface area (Å²) in [5, 5.41) is 4.03. The maximum Gasteiger partial charge on any atom is 0.170 e. The SMILES string of the molecule is CC(C)Cc1c(N)noc1C1C2C3CCC(C3)C12. The molecule has 1 heterocycles. The fourth-order valence-electron chi connectivity index (χ4n) is 4.89. The van der Waals surface area contributed by atoms with E-state index < -0.39 is 0 Å². The van der Waals surface area contributed by atoms with E-state index in [0.717, 1.165) is 35.9 Å². The Hall–Kier alpha value is -0.990. The van der Waals surface area contributed by atoms with Crippen molar-refractivity contribution in [3.05, 3.63) is 11.3 Å². The van der Waals surface area contributed by atoms with E-state index in [2.05, 4.69) is 19.0 Å². The molecular formula is C15H22N2O. The molecule has 2 bridgehead atoms. The summed E-state index contributed by atoms with van der Waals surface area (Å²) in [6.07, 6.45) is 5.39. The number of aromatic nitrogens is 1. The zero-order chi connectivity index (χ0) is 12.4. The Kier molecular flexibility index (Phi) is 2.13. The predicted molar refractivity (Wildman–Crippen MR) is 70.0 cm³/mol. The minimum absolute atomic E-state index is 0.612. The Labute approximate surface area is 108 Å². The minimum Gasteiger partial charge on any atom is -0.381 e. The lowest BCUT2D eigenvalue weighted by Gasteiger charge is -2.09. The standard InChI is InChI=1S/C15H22N2O/c1-7(2)5-10-14(18-17-15(10)16)13-11-8-3-4-9(6-8)12(11)13/h7-9,11-13H,3-6H2,1-2H3,(H2,16,17). The summed E-state index contributed by atoms with van der Waals surface area (Å²) in [5.74, 6) is 6.81. The second-order valence-electron chi connectivity index (χ2n) is 7.02. The van der Waals surface area contributed by atoms with Gasteiger partial charge in [-0.2, -0.15) is 0 Å². The van der Waals surface area contributed by atoms with Gasteiger partial charge in [0.25, 0.3) is 0 Å². The zero-order valence-corrected chi connectivity index (χ0v) is 11.2. The van der Waals surface area contributed by atoms with Gasteiger partial charge < -0.3 is 10.3 Å². The maximum absolute atomic E-state index is 5.99. The van der Waals surface area contributed by atoms with Crippen molar-refractivity contribution < 1.29 is 4.52 Å². The summed E-state index contributed by atoms with van der Waals surface area (Å²) in [4.78, 5) is 0. The second-order valence-corrected chi connectivity index (χ2v) is 7.02. The molecule has 3 saturated carbocycles. The van der Waals surface area contributed by atoms with Crippen LogP contribution >= 0.6 is 0 Å². The van der Waals surface area contributed by atoms with Gasteiger partial charge in [0, 0.05) is 11.5 Å². The van der Waals surface area contributed by atoms with E-state index in [1.54, 1.807) is 0 Å². The Morgan fingerprint density at radius 2 is 1.94 bits per heavy atom. The molecule has 0 amide bonds. The summed E-state index contributed by atoms with van der Waals surface area (Å²) in [6.45, 7) is 4.46. The highest BCUT2D eigenvalue weighted by atomic mass is 16.5. The van der Waals surface area contributed by atoms with Gasteiger partial charge in [-0.05, 0) is 55.3 Å². The first-order chi connectivity index (χ1) is 8.66. The van der Waals surface area contributed by atoms with Crippen LogP contribution in [-0.2, 0) is 6.42 Å². The Morgan fingerprint density at radius 3 is 2.56 bits per heavy atom. The van der Waals surface area contributed by atoms with Crippen LogP contribution in [0.5, 0.6) is 0 Å². The molecule has 2 N–H and O–H groups in total. The zero-order valence-electron chi connectivity index (χ0n) is 11.2. The van der Waals surface area contributed by atoms with Crippen LogP contribution in [0.15, 0.2) is 4.52 Å². The molecule has 3 heteroatoms. The molecule has 1 aromatic rings. The Bertz CT molecular complexity index is 463. The summed E-state index contributed by atoms with van der Waals surface area (Å²) >= 11 is 0. The quantitative estimate of drug-likeness (QED) is 0.891. The number of nitrogens with two attached hydrogens (primary N) is 1. The molecule has 4 unspecified atom stereocenters. The summed E-state index contributed by atoms with van der Waals surface area (Å²) in [6, 6.07) is 0. The van der Waals surface area contributed by atoms with Gasteiger partial charge in [0.2, 0.25) is 0 Å². The van der Waals surface area contributed by atoms with Gasteiger partial charge in [-0.25, -0.2) is 0 Å². The summed E-state index contributed by atoms with van der Waals surface area (Å²) < 4.78 is 5.61. The number of nitrogens with zero attached hydrogens (tertiary/aromatic N) is 1. The number of fused-ring (bicyclic) bond motifs is 5. The molecule has 0 aliphatic heterocycles. The maximum atomic E-state index is 5.99. The van der Waals surface area contributed by atoms with Crippen molar-refractivity contribution in [1.29, 1.82) is 0 Å². The van der Waals surface area contributed by atoms with Crippen molar-refractivity contribution in [1.82, 2.24) is 5.16 Å². The molecule has 0 saturated heterocycles. The number of nitrogen functional groups attached to an aromatic ring is 1. The molecule has 1 aromatic heterocycles. The van der Waals surface area contributed by atoms with E-state index in [1.165, 1.54) is 24.8 Å². The molecule has 98 valence electrons. The van der Waals surface area contributed by atoms with Crippen LogP contribution in [0, 0.1) is 29.6 Å². The molecule has 0 aromatic carbocycles. The highest BCUT2D eigenvalue weighted by molar-refractivity contribution is 5.45. The molecule has 4 atom stereocenters. The molecular weight excluding hydrogens is 224 g/mol. The predicted octanol–water partition coefficient (Wildman–Crippen LogP) is 3.21. The first-order valence-electron chi connectivity index (χ1n) is 7.40. The van der Waals surface area contributed by atoms with Crippen LogP contribution in [0.1, 0.15) is 50.4 Å². The largest absolute Gasteiger partial charge is 0.381 e. The van der Waals surface area contributed by atoms with E-state index in [9.17, 15) is 0 Å². The third kappa shape index (κ3) is 1.33. The van der Waals surface area contributed by atoms with Crippen LogP contribution in [0.4, 0.5) is 5.82 Å². The lowest BCUT2D eigenvalue weighted by Crippen LogP contribution is -2.03. The lowest BCUT2D eigenvalue weighted by atomic mass is 9.95. The van der Waals surface area contributed by atoms with Gasteiger partial charge in [0.1, 0.15) is 5.76 Å². The fraction of sp³-hybridized carbons (Fsp3) is 0.800. The first kappa shape index (κ1) is 10.9. The van der Waals surface area contributed by atoms with E-state index in [0.29, 0.717) is 17.7 Å². The molecule has 3 fully saturated rings. The van der Waals surface area contributed by atoms with Crippen molar-refractivity contribution in [2.24, 2.45) is 29.6 Å². The van der Waals surface area contributed by atoms with Crippen molar-refractivity contribution in [3.63, 3.8) is 0 Å². The van der Waals surface area contributed by atoms with E-state index in [4.69, 9.17) is 10.3 Å². The van der Waals surface area contributed by atoms with E-state index in [-0.39, 0.29) is 0 Å². The van der Waals surface area contributed by atoms with Crippen LogP contribution in [0.2, 0.25) is 0 Å². The van der Waals surface area contributed by atoms with Crippen molar-refractivity contribution in [2.45, 2.75) is 45.4 Å². The molecule has 4 rings (SSSR count). The average molecular weight is 246 g/mol. The second kappa shape index (κ2) is 3.52. The van der Waals surface area contributed by atoms with Gasteiger partial charge in [0.15, 0.2) is 5.82 Å². The van der Waals surface area contributed by atoms with Crippen LogP contribution < -0.4 is 5.73 Å². The number of hydrogen-bond donors (Lipinski definition) is 1. The van der Waals surface area contributed by atoms with Crippen LogP contribution in [-0.4, -0.2) is 5.16 Å². The fourth-order valence-corrected chi connectivity index (χ4v) is 4.89. The topological polar surface area (TPSA) is 52.0 Å². The highest BCUT2D eigenvalue weighted by Gasteiger charge is 2.67. The molecule has 3 aliphatic rings. The number of anilines is 1. The van der Waals surface area contributed by atoms with Crippen molar-refractivity contribution in [3.8, 4) is 0 Å². The third-order valence-corrected chi connectivity index (χ3v) is 5.50. The van der Waals surface area contributed by atoms with Gasteiger partial charge >= 0.3 is 0 Å².